The van der Waals surface area contributed by atoms with Crippen LogP contribution in [-0.2, 0) is 14.3 Å². The molecule has 2 rings (SSSR count). The minimum absolute atomic E-state index is 0.0546. The van der Waals surface area contributed by atoms with Gasteiger partial charge in [0, 0.05) is 13.1 Å². The van der Waals surface area contributed by atoms with Crippen molar-refractivity contribution in [2.75, 3.05) is 19.7 Å². The highest BCUT2D eigenvalue weighted by atomic mass is 16.5. The minimum Gasteiger partial charge on any atom is -0.377 e. The molecule has 1 N–H and O–H groups in total. The molecule has 2 aliphatic rings. The number of likely N-dealkylation sites (tertiary alicyclic amines) is 1. The summed E-state index contributed by atoms with van der Waals surface area (Å²) in [6.07, 6.45) is 6.35. The molecule has 1 heterocycles. The van der Waals surface area contributed by atoms with Crippen LogP contribution in [0.15, 0.2) is 0 Å². The lowest BCUT2D eigenvalue weighted by molar-refractivity contribution is -0.138. The number of imide groups is 1. The van der Waals surface area contributed by atoms with Gasteiger partial charge < -0.3 is 10.1 Å². The first kappa shape index (κ1) is 14.5. The van der Waals surface area contributed by atoms with E-state index in [1.807, 2.05) is 6.92 Å². The number of carbonyl (C=O) groups excluding carboxylic acids is 2. The number of ether oxygens (including phenoxy) is 1. The van der Waals surface area contributed by atoms with E-state index in [4.69, 9.17) is 4.74 Å². The molecule has 0 aromatic rings. The van der Waals surface area contributed by atoms with Crippen LogP contribution >= 0.6 is 0 Å². The lowest BCUT2D eigenvalue weighted by Crippen LogP contribution is -2.40. The van der Waals surface area contributed by atoms with Crippen LogP contribution in [0.5, 0.6) is 0 Å². The van der Waals surface area contributed by atoms with Gasteiger partial charge in [-0.3, -0.25) is 14.5 Å². The zero-order chi connectivity index (χ0) is 13.7. The van der Waals surface area contributed by atoms with E-state index in [1.165, 1.54) is 17.7 Å². The van der Waals surface area contributed by atoms with E-state index in [0.717, 1.165) is 19.3 Å². The number of nitrogens with zero attached hydrogens (tertiary/aromatic N) is 1. The molecule has 0 aromatic heterocycles. The van der Waals surface area contributed by atoms with Crippen LogP contribution in [0.3, 0.4) is 0 Å². The van der Waals surface area contributed by atoms with Gasteiger partial charge >= 0.3 is 0 Å². The molecule has 0 bridgehead atoms. The lowest BCUT2D eigenvalue weighted by Gasteiger charge is -2.15. The van der Waals surface area contributed by atoms with Gasteiger partial charge in [0.05, 0.1) is 25.2 Å². The Morgan fingerprint density at radius 1 is 1.32 bits per heavy atom. The zero-order valence-corrected chi connectivity index (χ0v) is 11.7. The Bertz CT molecular complexity index is 327. The summed E-state index contributed by atoms with van der Waals surface area (Å²) in [6.45, 7) is 3.77. The minimum atomic E-state index is -0.341. The van der Waals surface area contributed by atoms with Crippen LogP contribution in [0.1, 0.15) is 45.4 Å². The topological polar surface area (TPSA) is 58.6 Å². The maximum atomic E-state index is 12.0. The predicted octanol–water partition coefficient (Wildman–Crippen LogP) is 1.07. The molecule has 1 atom stereocenters. The number of rotatable bonds is 7. The highest BCUT2D eigenvalue weighted by Crippen LogP contribution is 2.20. The standard InChI is InChI=1S/C14H24N2O3/c1-2-8-16-13(17)10-12(14(16)18)15-7-9-19-11-5-3-4-6-11/h11-12,15H,2-10H2,1H3. The van der Waals surface area contributed by atoms with Crippen LogP contribution in [0, 0.1) is 0 Å². The molecule has 0 spiro atoms. The molecule has 2 fully saturated rings. The largest absolute Gasteiger partial charge is 0.377 e. The molecule has 0 aromatic carbocycles. The molecule has 19 heavy (non-hydrogen) atoms. The van der Waals surface area contributed by atoms with Crippen molar-refractivity contribution in [1.29, 1.82) is 0 Å². The summed E-state index contributed by atoms with van der Waals surface area (Å²) < 4.78 is 5.73. The van der Waals surface area contributed by atoms with Crippen LogP contribution < -0.4 is 5.32 Å². The van der Waals surface area contributed by atoms with Gasteiger partial charge in [-0.25, -0.2) is 0 Å². The summed E-state index contributed by atoms with van der Waals surface area (Å²) in [4.78, 5) is 25.0. The number of carbonyl (C=O) groups is 2. The SMILES string of the molecule is CCCN1C(=O)CC(NCCOC2CCCC2)C1=O. The van der Waals surface area contributed by atoms with E-state index in [9.17, 15) is 9.59 Å². The highest BCUT2D eigenvalue weighted by molar-refractivity contribution is 6.05. The monoisotopic (exact) mass is 268 g/mol. The maximum absolute atomic E-state index is 12.0. The summed E-state index contributed by atoms with van der Waals surface area (Å²) in [6, 6.07) is -0.341. The highest BCUT2D eigenvalue weighted by Gasteiger charge is 2.37. The third-order valence-corrected chi connectivity index (χ3v) is 3.84. The predicted molar refractivity (Wildman–Crippen MR) is 71.6 cm³/mol. The Labute approximate surface area is 114 Å². The van der Waals surface area contributed by atoms with Crippen molar-refractivity contribution in [2.45, 2.75) is 57.6 Å². The van der Waals surface area contributed by atoms with Crippen molar-refractivity contribution in [1.82, 2.24) is 10.2 Å². The molecule has 1 unspecified atom stereocenters. The summed E-state index contributed by atoms with van der Waals surface area (Å²) in [5.41, 5.74) is 0. The van der Waals surface area contributed by atoms with Crippen molar-refractivity contribution < 1.29 is 14.3 Å². The normalized spacial score (nSPS) is 24.7. The summed E-state index contributed by atoms with van der Waals surface area (Å²) in [5, 5.41) is 3.14. The van der Waals surface area contributed by atoms with Crippen molar-refractivity contribution >= 4 is 11.8 Å². The third kappa shape index (κ3) is 3.76. The summed E-state index contributed by atoms with van der Waals surface area (Å²) >= 11 is 0. The number of nitrogens with one attached hydrogen (secondary N) is 1. The molecule has 5 heteroatoms. The number of hydrogen-bond acceptors (Lipinski definition) is 4. The van der Waals surface area contributed by atoms with Gasteiger partial charge in [-0.05, 0) is 19.3 Å². The fourth-order valence-electron chi connectivity index (χ4n) is 2.81. The van der Waals surface area contributed by atoms with Crippen molar-refractivity contribution in [3.8, 4) is 0 Å². The van der Waals surface area contributed by atoms with E-state index in [-0.39, 0.29) is 17.9 Å². The van der Waals surface area contributed by atoms with Crippen LogP contribution in [0.25, 0.3) is 0 Å². The van der Waals surface area contributed by atoms with Gasteiger partial charge in [-0.15, -0.1) is 0 Å². The Balaban J connectivity index is 1.65. The van der Waals surface area contributed by atoms with Gasteiger partial charge in [-0.1, -0.05) is 19.8 Å². The second kappa shape index (κ2) is 7.01. The van der Waals surface area contributed by atoms with Crippen LogP contribution in [-0.4, -0.2) is 48.6 Å². The van der Waals surface area contributed by atoms with E-state index >= 15 is 0 Å². The van der Waals surface area contributed by atoms with Crippen LogP contribution in [0.4, 0.5) is 0 Å². The van der Waals surface area contributed by atoms with E-state index < -0.39 is 0 Å². The smallest absolute Gasteiger partial charge is 0.246 e. The molecule has 1 saturated heterocycles. The summed E-state index contributed by atoms with van der Waals surface area (Å²) in [7, 11) is 0. The Morgan fingerprint density at radius 3 is 2.74 bits per heavy atom. The fourth-order valence-corrected chi connectivity index (χ4v) is 2.81. The maximum Gasteiger partial charge on any atom is 0.246 e. The first-order valence-electron chi connectivity index (χ1n) is 7.41. The van der Waals surface area contributed by atoms with Crippen molar-refractivity contribution in [2.24, 2.45) is 0 Å². The van der Waals surface area contributed by atoms with Crippen LogP contribution in [0.2, 0.25) is 0 Å². The quantitative estimate of drug-likeness (QED) is 0.554. The molecule has 1 saturated carbocycles. The molecular weight excluding hydrogens is 244 g/mol. The Hall–Kier alpha value is -0.940. The second-order valence-corrected chi connectivity index (χ2v) is 5.37. The first-order valence-corrected chi connectivity index (χ1v) is 7.41. The average Bonchev–Trinajstić information content (AvgIpc) is 2.99. The van der Waals surface area contributed by atoms with Crippen molar-refractivity contribution in [3.63, 3.8) is 0 Å². The fraction of sp³-hybridized carbons (Fsp3) is 0.857. The first-order chi connectivity index (χ1) is 9.22. The van der Waals surface area contributed by atoms with Gasteiger partial charge in [0.15, 0.2) is 0 Å². The van der Waals surface area contributed by atoms with E-state index in [1.54, 1.807) is 0 Å². The zero-order valence-electron chi connectivity index (χ0n) is 11.7. The van der Waals surface area contributed by atoms with Gasteiger partial charge in [0.1, 0.15) is 0 Å². The lowest BCUT2D eigenvalue weighted by atomic mass is 10.2. The molecular formula is C14H24N2O3. The molecule has 2 amide bonds. The molecule has 5 nitrogen and oxygen atoms in total. The molecule has 0 radical (unpaired) electrons. The number of amides is 2. The molecule has 108 valence electrons. The molecule has 1 aliphatic carbocycles. The van der Waals surface area contributed by atoms with Gasteiger partial charge in [0.2, 0.25) is 11.8 Å². The third-order valence-electron chi connectivity index (χ3n) is 3.84. The summed E-state index contributed by atoms with van der Waals surface area (Å²) in [5.74, 6) is -0.131. The Kier molecular flexibility index (Phi) is 5.34. The van der Waals surface area contributed by atoms with Gasteiger partial charge in [0.25, 0.3) is 0 Å². The molecule has 1 aliphatic heterocycles. The van der Waals surface area contributed by atoms with Crippen molar-refractivity contribution in [3.05, 3.63) is 0 Å². The van der Waals surface area contributed by atoms with Gasteiger partial charge in [-0.2, -0.15) is 0 Å². The van der Waals surface area contributed by atoms with E-state index in [0.29, 0.717) is 32.2 Å². The number of hydrogen-bond donors (Lipinski definition) is 1. The van der Waals surface area contributed by atoms with E-state index in [2.05, 4.69) is 5.32 Å². The second-order valence-electron chi connectivity index (χ2n) is 5.37. The average molecular weight is 268 g/mol. The Morgan fingerprint density at radius 2 is 2.05 bits per heavy atom.